The van der Waals surface area contributed by atoms with E-state index in [2.05, 4.69) is 20.9 Å². The molecule has 2 aromatic rings. The van der Waals surface area contributed by atoms with Gasteiger partial charge >= 0.3 is 5.69 Å². The second-order valence-corrected chi connectivity index (χ2v) is 5.46. The van der Waals surface area contributed by atoms with Crippen molar-refractivity contribution in [1.82, 2.24) is 9.55 Å². The number of nitro groups is 1. The Balaban J connectivity index is 2.32. The lowest BCUT2D eigenvalue weighted by Crippen LogP contribution is -2.27. The highest BCUT2D eigenvalue weighted by Crippen LogP contribution is 2.20. The minimum atomic E-state index is -0.408. The lowest BCUT2D eigenvalue weighted by atomic mass is 10.1. The molecule has 0 atom stereocenters. The number of nitro benzene ring substituents is 1. The zero-order valence-electron chi connectivity index (χ0n) is 11.7. The summed E-state index contributed by atoms with van der Waals surface area (Å²) in [7, 11) is 0. The molecule has 6 nitrogen and oxygen atoms in total. The maximum absolute atomic E-state index is 12.0. The van der Waals surface area contributed by atoms with E-state index in [1.54, 1.807) is 25.1 Å². The van der Waals surface area contributed by atoms with Crippen LogP contribution in [-0.4, -0.2) is 14.5 Å². The molecular formula is C14H14BrN3O3. The lowest BCUT2D eigenvalue weighted by molar-refractivity contribution is -0.385. The van der Waals surface area contributed by atoms with Crippen molar-refractivity contribution in [1.29, 1.82) is 0 Å². The topological polar surface area (TPSA) is 78.0 Å². The van der Waals surface area contributed by atoms with Crippen LogP contribution in [0.4, 0.5) is 5.69 Å². The fourth-order valence-corrected chi connectivity index (χ4v) is 2.48. The third kappa shape index (κ3) is 3.18. The van der Waals surface area contributed by atoms with E-state index in [0.29, 0.717) is 24.2 Å². The summed E-state index contributed by atoms with van der Waals surface area (Å²) in [4.78, 5) is 26.5. The minimum absolute atomic E-state index is 0.0716. The summed E-state index contributed by atoms with van der Waals surface area (Å²) in [5.41, 5.74) is 1.74. The van der Waals surface area contributed by atoms with Crippen LogP contribution < -0.4 is 5.69 Å². The first kappa shape index (κ1) is 15.4. The van der Waals surface area contributed by atoms with Gasteiger partial charge in [-0.3, -0.25) is 14.7 Å². The van der Waals surface area contributed by atoms with Gasteiger partial charge in [-0.25, -0.2) is 4.79 Å². The predicted octanol–water partition coefficient (Wildman–Crippen LogP) is 2.77. The number of para-hydroxylation sites is 1. The van der Waals surface area contributed by atoms with Crippen LogP contribution in [0.5, 0.6) is 0 Å². The fraction of sp³-hybridized carbons (Fsp3) is 0.286. The van der Waals surface area contributed by atoms with Gasteiger partial charge in [0.1, 0.15) is 0 Å². The Labute approximate surface area is 129 Å². The Morgan fingerprint density at radius 2 is 2.00 bits per heavy atom. The molecule has 0 bridgehead atoms. The lowest BCUT2D eigenvalue weighted by Gasteiger charge is -2.12. The van der Waals surface area contributed by atoms with E-state index >= 15 is 0 Å². The molecule has 1 heterocycles. The fourth-order valence-electron chi connectivity index (χ4n) is 2.17. The van der Waals surface area contributed by atoms with Crippen LogP contribution in [0.3, 0.4) is 0 Å². The molecule has 0 spiro atoms. The van der Waals surface area contributed by atoms with Gasteiger partial charge in [0.05, 0.1) is 15.1 Å². The number of aromatic nitrogens is 2. The van der Waals surface area contributed by atoms with E-state index in [1.807, 2.05) is 6.92 Å². The van der Waals surface area contributed by atoms with E-state index in [1.165, 1.54) is 10.6 Å². The van der Waals surface area contributed by atoms with Crippen LogP contribution in [0.15, 0.2) is 33.5 Å². The number of halogens is 1. The smallest absolute Gasteiger partial charge is 0.295 e. The van der Waals surface area contributed by atoms with Crippen molar-refractivity contribution in [2.24, 2.45) is 0 Å². The predicted molar refractivity (Wildman–Crippen MR) is 82.5 cm³/mol. The Hall–Kier alpha value is -2.02. The summed E-state index contributed by atoms with van der Waals surface area (Å²) in [5.74, 6) is 0. The maximum Gasteiger partial charge on any atom is 0.348 e. The molecule has 1 aromatic heterocycles. The van der Waals surface area contributed by atoms with Gasteiger partial charge in [-0.1, -0.05) is 18.2 Å². The molecule has 2 rings (SSSR count). The standard InChI is InChI=1S/C14H14BrN3O3/c1-9-13(15)10(2)17(14(19)16-9)8-7-11-5-3-4-6-12(11)18(20)21/h3-6H,7-8H2,1-2H3. The number of rotatable bonds is 4. The first-order valence-electron chi connectivity index (χ1n) is 6.37. The van der Waals surface area contributed by atoms with Gasteiger partial charge in [0.25, 0.3) is 5.69 Å². The molecule has 0 fully saturated rings. The van der Waals surface area contributed by atoms with Crippen molar-refractivity contribution in [3.05, 3.63) is 66.3 Å². The van der Waals surface area contributed by atoms with Crippen molar-refractivity contribution in [2.75, 3.05) is 0 Å². The third-order valence-electron chi connectivity index (χ3n) is 3.33. The molecule has 0 radical (unpaired) electrons. The van der Waals surface area contributed by atoms with Gasteiger partial charge in [-0.2, -0.15) is 4.98 Å². The number of hydrogen-bond donors (Lipinski definition) is 0. The number of hydrogen-bond acceptors (Lipinski definition) is 4. The van der Waals surface area contributed by atoms with Gasteiger partial charge in [-0.05, 0) is 36.2 Å². The van der Waals surface area contributed by atoms with Crippen molar-refractivity contribution < 1.29 is 4.92 Å². The van der Waals surface area contributed by atoms with E-state index < -0.39 is 4.92 Å². The van der Waals surface area contributed by atoms with Crippen LogP contribution in [0.1, 0.15) is 17.0 Å². The molecule has 0 amide bonds. The third-order valence-corrected chi connectivity index (χ3v) is 4.48. The molecule has 110 valence electrons. The average molecular weight is 352 g/mol. The molecule has 0 saturated carbocycles. The highest BCUT2D eigenvalue weighted by molar-refractivity contribution is 9.10. The minimum Gasteiger partial charge on any atom is -0.295 e. The highest BCUT2D eigenvalue weighted by Gasteiger charge is 2.14. The number of nitrogens with zero attached hydrogens (tertiary/aromatic N) is 3. The second-order valence-electron chi connectivity index (χ2n) is 4.67. The van der Waals surface area contributed by atoms with Crippen LogP contribution >= 0.6 is 15.9 Å². The van der Waals surface area contributed by atoms with Crippen molar-refractivity contribution in [2.45, 2.75) is 26.8 Å². The van der Waals surface area contributed by atoms with Crippen LogP contribution in [0.2, 0.25) is 0 Å². The molecule has 0 aliphatic carbocycles. The largest absolute Gasteiger partial charge is 0.348 e. The first-order chi connectivity index (χ1) is 9.91. The summed E-state index contributed by atoms with van der Waals surface area (Å²) in [5, 5.41) is 11.0. The summed E-state index contributed by atoms with van der Waals surface area (Å²) in [6.45, 7) is 3.92. The SMILES string of the molecule is Cc1nc(=O)n(CCc2ccccc2[N+](=O)[O-])c(C)c1Br. The highest BCUT2D eigenvalue weighted by atomic mass is 79.9. The summed E-state index contributed by atoms with van der Waals surface area (Å²) in [6, 6.07) is 6.55. The summed E-state index contributed by atoms with van der Waals surface area (Å²) in [6.07, 6.45) is 0.398. The van der Waals surface area contributed by atoms with Gasteiger partial charge in [-0.15, -0.1) is 0 Å². The van der Waals surface area contributed by atoms with E-state index in [4.69, 9.17) is 0 Å². The zero-order valence-corrected chi connectivity index (χ0v) is 13.3. The van der Waals surface area contributed by atoms with Gasteiger partial charge in [0.2, 0.25) is 0 Å². The maximum atomic E-state index is 12.0. The Kier molecular flexibility index (Phi) is 4.52. The van der Waals surface area contributed by atoms with E-state index in [0.717, 1.165) is 10.2 Å². The molecule has 0 aliphatic rings. The summed E-state index contributed by atoms with van der Waals surface area (Å²) < 4.78 is 2.30. The van der Waals surface area contributed by atoms with Gasteiger partial charge < -0.3 is 0 Å². The summed E-state index contributed by atoms with van der Waals surface area (Å²) >= 11 is 3.40. The van der Waals surface area contributed by atoms with E-state index in [-0.39, 0.29) is 11.4 Å². The first-order valence-corrected chi connectivity index (χ1v) is 7.17. The Morgan fingerprint density at radius 3 is 2.67 bits per heavy atom. The van der Waals surface area contributed by atoms with Crippen molar-refractivity contribution in [3.63, 3.8) is 0 Å². The van der Waals surface area contributed by atoms with Crippen molar-refractivity contribution >= 4 is 21.6 Å². The molecule has 7 heteroatoms. The quantitative estimate of drug-likeness (QED) is 0.626. The number of aryl methyl sites for hydroxylation is 2. The Morgan fingerprint density at radius 1 is 1.33 bits per heavy atom. The van der Waals surface area contributed by atoms with Crippen LogP contribution in [-0.2, 0) is 13.0 Å². The number of benzene rings is 1. The van der Waals surface area contributed by atoms with Gasteiger partial charge in [0.15, 0.2) is 0 Å². The van der Waals surface area contributed by atoms with E-state index in [9.17, 15) is 14.9 Å². The average Bonchev–Trinajstić information content (AvgIpc) is 2.45. The molecule has 0 saturated heterocycles. The molecule has 0 aliphatic heterocycles. The molecule has 0 unspecified atom stereocenters. The zero-order chi connectivity index (χ0) is 15.6. The second kappa shape index (κ2) is 6.17. The Bertz CT molecular complexity index is 756. The van der Waals surface area contributed by atoms with Crippen molar-refractivity contribution in [3.8, 4) is 0 Å². The molecule has 0 N–H and O–H groups in total. The van der Waals surface area contributed by atoms with Crippen LogP contribution in [0.25, 0.3) is 0 Å². The normalized spacial score (nSPS) is 10.6. The van der Waals surface area contributed by atoms with Crippen LogP contribution in [0, 0.1) is 24.0 Å². The molecule has 21 heavy (non-hydrogen) atoms. The molecular weight excluding hydrogens is 338 g/mol. The monoisotopic (exact) mass is 351 g/mol. The van der Waals surface area contributed by atoms with Gasteiger partial charge in [0, 0.05) is 23.9 Å². The molecule has 1 aromatic carbocycles.